The molecule has 0 saturated carbocycles. The minimum absolute atomic E-state index is 0.0528. The quantitative estimate of drug-likeness (QED) is 0.878. The smallest absolute Gasteiger partial charge is 0.120 e. The molecule has 0 amide bonds. The number of hydrogen-bond acceptors (Lipinski definition) is 3. The van der Waals surface area contributed by atoms with Crippen molar-refractivity contribution in [3.8, 4) is 5.75 Å². The predicted molar refractivity (Wildman–Crippen MR) is 75.9 cm³/mol. The van der Waals surface area contributed by atoms with E-state index in [0.29, 0.717) is 6.61 Å². The molecule has 0 aromatic heterocycles. The molecule has 2 rings (SSSR count). The van der Waals surface area contributed by atoms with Gasteiger partial charge in [-0.05, 0) is 56.0 Å². The number of aliphatic hydroxyl groups excluding tert-OH is 1. The predicted octanol–water partition coefficient (Wildman–Crippen LogP) is 2.58. The van der Waals surface area contributed by atoms with E-state index < -0.39 is 0 Å². The Bertz CT molecular complexity index is 378. The van der Waals surface area contributed by atoms with Gasteiger partial charge in [-0.1, -0.05) is 22.0 Å². The Labute approximate surface area is 117 Å². The van der Waals surface area contributed by atoms with Gasteiger partial charge in [0, 0.05) is 11.1 Å². The summed E-state index contributed by atoms with van der Waals surface area (Å²) < 4.78 is 6.78. The van der Waals surface area contributed by atoms with E-state index in [-0.39, 0.29) is 12.0 Å². The molecule has 4 heteroatoms. The highest BCUT2D eigenvalue weighted by Gasteiger charge is 2.31. The Morgan fingerprint density at radius 2 is 2.11 bits per heavy atom. The summed E-state index contributed by atoms with van der Waals surface area (Å²) >= 11 is 3.43. The van der Waals surface area contributed by atoms with Gasteiger partial charge in [0.2, 0.25) is 0 Å². The molecular formula is C14H20BrNO2. The summed E-state index contributed by atoms with van der Waals surface area (Å²) in [5.74, 6) is 0.881. The minimum Gasteiger partial charge on any atom is -0.494 e. The van der Waals surface area contributed by atoms with Gasteiger partial charge in [0.15, 0.2) is 0 Å². The van der Waals surface area contributed by atoms with Crippen molar-refractivity contribution in [2.45, 2.75) is 19.3 Å². The lowest BCUT2D eigenvalue weighted by Crippen LogP contribution is -2.40. The lowest BCUT2D eigenvalue weighted by atomic mass is 9.77. The zero-order valence-electron chi connectivity index (χ0n) is 10.5. The van der Waals surface area contributed by atoms with Crippen molar-refractivity contribution < 1.29 is 9.84 Å². The van der Waals surface area contributed by atoms with Crippen molar-refractivity contribution >= 4 is 15.9 Å². The third-order valence-electron chi connectivity index (χ3n) is 3.70. The summed E-state index contributed by atoms with van der Waals surface area (Å²) in [4.78, 5) is 0. The fraction of sp³-hybridized carbons (Fsp3) is 0.571. The van der Waals surface area contributed by atoms with Gasteiger partial charge in [0.1, 0.15) is 5.75 Å². The molecule has 18 heavy (non-hydrogen) atoms. The average Bonchev–Trinajstić information content (AvgIpc) is 2.40. The van der Waals surface area contributed by atoms with E-state index >= 15 is 0 Å². The Kier molecular flexibility index (Phi) is 5.03. The van der Waals surface area contributed by atoms with Crippen LogP contribution in [-0.2, 0) is 0 Å². The van der Waals surface area contributed by atoms with Crippen molar-refractivity contribution in [3.05, 3.63) is 28.7 Å². The van der Waals surface area contributed by atoms with Gasteiger partial charge < -0.3 is 15.2 Å². The van der Waals surface area contributed by atoms with Crippen molar-refractivity contribution in [2.75, 3.05) is 26.3 Å². The molecule has 1 aliphatic rings. The second-order valence-electron chi connectivity index (χ2n) is 4.96. The van der Waals surface area contributed by atoms with E-state index in [1.165, 1.54) is 0 Å². The van der Waals surface area contributed by atoms with Gasteiger partial charge in [-0.15, -0.1) is 0 Å². The van der Waals surface area contributed by atoms with Crippen molar-refractivity contribution in [3.63, 3.8) is 0 Å². The van der Waals surface area contributed by atoms with Gasteiger partial charge in [-0.2, -0.15) is 0 Å². The molecule has 1 saturated heterocycles. The van der Waals surface area contributed by atoms with Crippen LogP contribution < -0.4 is 10.1 Å². The van der Waals surface area contributed by atoms with Crippen molar-refractivity contribution in [1.82, 2.24) is 5.32 Å². The maximum Gasteiger partial charge on any atom is 0.120 e. The van der Waals surface area contributed by atoms with Gasteiger partial charge in [0.05, 0.1) is 6.61 Å². The van der Waals surface area contributed by atoms with E-state index in [0.717, 1.165) is 42.6 Å². The Balaban J connectivity index is 1.83. The summed E-state index contributed by atoms with van der Waals surface area (Å²) in [6.45, 7) is 2.92. The molecule has 0 atom stereocenters. The average molecular weight is 314 g/mol. The minimum atomic E-state index is 0.0528. The number of nitrogens with one attached hydrogen (secondary N) is 1. The highest BCUT2D eigenvalue weighted by atomic mass is 79.9. The van der Waals surface area contributed by atoms with Gasteiger partial charge in [-0.25, -0.2) is 0 Å². The molecule has 0 unspecified atom stereocenters. The van der Waals surface area contributed by atoms with Crippen LogP contribution in [0.2, 0.25) is 0 Å². The third-order valence-corrected chi connectivity index (χ3v) is 4.19. The van der Waals surface area contributed by atoms with Crippen molar-refractivity contribution in [1.29, 1.82) is 0 Å². The molecule has 0 bridgehead atoms. The molecule has 3 nitrogen and oxygen atoms in total. The molecule has 100 valence electrons. The number of benzene rings is 1. The van der Waals surface area contributed by atoms with Gasteiger partial charge in [0.25, 0.3) is 0 Å². The molecule has 0 spiro atoms. The van der Waals surface area contributed by atoms with Gasteiger partial charge >= 0.3 is 0 Å². The first kappa shape index (κ1) is 13.8. The number of halogens is 1. The van der Waals surface area contributed by atoms with Crippen LogP contribution in [0.1, 0.15) is 19.3 Å². The van der Waals surface area contributed by atoms with E-state index in [1.807, 2.05) is 24.3 Å². The molecule has 0 radical (unpaired) electrons. The third kappa shape index (κ3) is 3.70. The number of aliphatic hydroxyl groups is 1. The van der Waals surface area contributed by atoms with E-state index in [2.05, 4.69) is 21.2 Å². The Hall–Kier alpha value is -0.580. The van der Waals surface area contributed by atoms with Crippen LogP contribution in [0, 0.1) is 5.41 Å². The molecule has 1 aliphatic heterocycles. The first-order chi connectivity index (χ1) is 8.74. The maximum absolute atomic E-state index is 9.59. The normalized spacial score (nSPS) is 18.6. The Morgan fingerprint density at radius 3 is 2.78 bits per heavy atom. The highest BCUT2D eigenvalue weighted by molar-refractivity contribution is 9.10. The van der Waals surface area contributed by atoms with Crippen LogP contribution in [0.4, 0.5) is 0 Å². The molecule has 1 aromatic rings. The largest absolute Gasteiger partial charge is 0.494 e. The van der Waals surface area contributed by atoms with Crippen LogP contribution in [0.3, 0.4) is 0 Å². The molecule has 0 aliphatic carbocycles. The van der Waals surface area contributed by atoms with Crippen LogP contribution in [0.15, 0.2) is 28.7 Å². The van der Waals surface area contributed by atoms with Crippen LogP contribution in [0.5, 0.6) is 5.75 Å². The van der Waals surface area contributed by atoms with Crippen molar-refractivity contribution in [2.24, 2.45) is 5.41 Å². The highest BCUT2D eigenvalue weighted by Crippen LogP contribution is 2.32. The zero-order chi connectivity index (χ0) is 12.8. The lowest BCUT2D eigenvalue weighted by Gasteiger charge is -2.35. The second-order valence-corrected chi connectivity index (χ2v) is 5.88. The standard InChI is InChI=1S/C14H20BrNO2/c15-12-2-1-3-13(10-12)18-9-6-14(11-17)4-7-16-8-5-14/h1-3,10,16-17H,4-9,11H2. The molecular weight excluding hydrogens is 294 g/mol. The first-order valence-corrected chi connectivity index (χ1v) is 7.23. The molecule has 1 fully saturated rings. The van der Waals surface area contributed by atoms with Crippen LogP contribution in [-0.4, -0.2) is 31.4 Å². The second kappa shape index (κ2) is 6.55. The van der Waals surface area contributed by atoms with Gasteiger partial charge in [-0.3, -0.25) is 0 Å². The summed E-state index contributed by atoms with van der Waals surface area (Å²) in [5, 5.41) is 12.9. The molecule has 1 heterocycles. The van der Waals surface area contributed by atoms with E-state index in [1.54, 1.807) is 0 Å². The SMILES string of the molecule is OCC1(CCOc2cccc(Br)c2)CCNCC1. The first-order valence-electron chi connectivity index (χ1n) is 6.44. The van der Waals surface area contributed by atoms with E-state index in [4.69, 9.17) is 4.74 Å². The number of ether oxygens (including phenoxy) is 1. The van der Waals surface area contributed by atoms with E-state index in [9.17, 15) is 5.11 Å². The maximum atomic E-state index is 9.59. The van der Waals surface area contributed by atoms with Crippen LogP contribution in [0.25, 0.3) is 0 Å². The molecule has 2 N–H and O–H groups in total. The number of rotatable bonds is 5. The zero-order valence-corrected chi connectivity index (χ0v) is 12.1. The summed E-state index contributed by atoms with van der Waals surface area (Å²) in [7, 11) is 0. The Morgan fingerprint density at radius 1 is 1.33 bits per heavy atom. The fourth-order valence-corrected chi connectivity index (χ4v) is 2.76. The van der Waals surface area contributed by atoms with Crippen LogP contribution >= 0.6 is 15.9 Å². The summed E-state index contributed by atoms with van der Waals surface area (Å²) in [6, 6.07) is 7.87. The number of hydrogen-bond donors (Lipinski definition) is 2. The monoisotopic (exact) mass is 313 g/mol. The lowest BCUT2D eigenvalue weighted by molar-refractivity contribution is 0.0648. The number of piperidine rings is 1. The molecule has 1 aromatic carbocycles. The topological polar surface area (TPSA) is 41.5 Å². The summed E-state index contributed by atoms with van der Waals surface area (Å²) in [5.41, 5.74) is 0.0528. The fourth-order valence-electron chi connectivity index (χ4n) is 2.39. The summed E-state index contributed by atoms with van der Waals surface area (Å²) in [6.07, 6.45) is 2.98.